The number of fused-ring (bicyclic) bond motifs is 2. The number of methoxy groups -OCH3 is 1. The van der Waals surface area contributed by atoms with Gasteiger partial charge >= 0.3 is 18.1 Å². The second-order valence-electron chi connectivity index (χ2n) is 9.47. The number of ether oxygens (including phenoxy) is 1. The van der Waals surface area contributed by atoms with Crippen molar-refractivity contribution in [2.75, 3.05) is 26.7 Å². The molecule has 3 N–H and O–H groups in total. The van der Waals surface area contributed by atoms with Crippen LogP contribution in [0.1, 0.15) is 37.2 Å². The van der Waals surface area contributed by atoms with Crippen molar-refractivity contribution in [3.8, 4) is 11.3 Å². The first-order valence-corrected chi connectivity index (χ1v) is 13.3. The Morgan fingerprint density at radius 2 is 1.72 bits per heavy atom. The number of carboxylic acids is 1. The van der Waals surface area contributed by atoms with Crippen molar-refractivity contribution in [1.29, 1.82) is 0 Å². The van der Waals surface area contributed by atoms with E-state index >= 15 is 0 Å². The molecule has 0 saturated heterocycles. The fourth-order valence-electron chi connectivity index (χ4n) is 4.55. The molecule has 4 aromatic rings. The normalized spacial score (nSPS) is 12.0. The zero-order valence-corrected chi connectivity index (χ0v) is 24.0. The lowest BCUT2D eigenvalue weighted by Gasteiger charge is -2.19. The molecule has 1 unspecified atom stereocenters. The molecule has 2 aromatic heterocycles. The Labute approximate surface area is 244 Å². The van der Waals surface area contributed by atoms with Crippen molar-refractivity contribution < 1.29 is 37.4 Å². The smallest absolute Gasteiger partial charge is 0.475 e. The Morgan fingerprint density at radius 1 is 1.09 bits per heavy atom. The zero-order valence-electron chi connectivity index (χ0n) is 24.0. The third kappa shape index (κ3) is 7.02. The van der Waals surface area contributed by atoms with Crippen molar-refractivity contribution in [2.45, 2.75) is 39.5 Å². The van der Waals surface area contributed by atoms with Crippen molar-refractivity contribution in [3.05, 3.63) is 64.6 Å². The summed E-state index contributed by atoms with van der Waals surface area (Å²) < 4.78 is 40.0. The molecule has 0 aliphatic rings. The van der Waals surface area contributed by atoms with Gasteiger partial charge < -0.3 is 29.6 Å². The number of halogens is 3. The number of amides is 1. The van der Waals surface area contributed by atoms with Gasteiger partial charge in [0.05, 0.1) is 23.7 Å². The third-order valence-corrected chi connectivity index (χ3v) is 6.80. The number of hydrogen-bond acceptors (Lipinski definition) is 7. The number of carboxylic acid groups (broad SMARTS) is 1. The van der Waals surface area contributed by atoms with Crippen LogP contribution in [0.15, 0.2) is 53.5 Å². The van der Waals surface area contributed by atoms with E-state index in [9.17, 15) is 27.6 Å². The quantitative estimate of drug-likeness (QED) is 0.289. The average Bonchev–Trinajstić information content (AvgIpc) is 3.34. The molecule has 11 nitrogen and oxygen atoms in total. The van der Waals surface area contributed by atoms with Crippen LogP contribution in [0.4, 0.5) is 13.2 Å². The van der Waals surface area contributed by atoms with E-state index in [4.69, 9.17) is 25.4 Å². The number of aromatic nitrogens is 3. The van der Waals surface area contributed by atoms with Crippen molar-refractivity contribution >= 4 is 39.8 Å². The third-order valence-electron chi connectivity index (χ3n) is 6.80. The molecule has 1 atom stereocenters. The summed E-state index contributed by atoms with van der Waals surface area (Å²) in [6.45, 7) is 7.39. The van der Waals surface area contributed by atoms with Crippen molar-refractivity contribution in [3.63, 3.8) is 0 Å². The summed E-state index contributed by atoms with van der Waals surface area (Å²) in [5, 5.41) is 7.95. The molecule has 0 fully saturated rings. The Morgan fingerprint density at radius 3 is 2.28 bits per heavy atom. The van der Waals surface area contributed by atoms with E-state index in [1.807, 2.05) is 55.8 Å². The maximum absolute atomic E-state index is 13.9. The van der Waals surface area contributed by atoms with Crippen LogP contribution in [0.25, 0.3) is 33.2 Å². The molecule has 2 aromatic carbocycles. The predicted octanol–water partition coefficient (Wildman–Crippen LogP) is 3.83. The van der Waals surface area contributed by atoms with Gasteiger partial charge in [-0.1, -0.05) is 18.2 Å². The summed E-state index contributed by atoms with van der Waals surface area (Å²) in [5.41, 5.74) is 8.76. The molecule has 14 heteroatoms. The molecule has 2 heterocycles. The number of alkyl halides is 3. The molecule has 230 valence electrons. The zero-order chi connectivity index (χ0) is 32.1. The molecule has 0 aliphatic heterocycles. The first kappa shape index (κ1) is 32.8. The largest absolute Gasteiger partial charge is 0.490 e. The van der Waals surface area contributed by atoms with Gasteiger partial charge in [-0.05, 0) is 45.0 Å². The minimum Gasteiger partial charge on any atom is -0.475 e. The fourth-order valence-corrected chi connectivity index (χ4v) is 4.55. The number of esters is 1. The van der Waals surface area contributed by atoms with Crippen LogP contribution in [-0.4, -0.2) is 74.9 Å². The van der Waals surface area contributed by atoms with Gasteiger partial charge in [0.25, 0.3) is 5.56 Å². The van der Waals surface area contributed by atoms with Crippen LogP contribution in [0.5, 0.6) is 0 Å². The van der Waals surface area contributed by atoms with E-state index in [1.54, 1.807) is 27.7 Å². The SMILES string of the molecule is CCN(CC)C(=O)Cn1cc(-c2nc3ccc(C(=O)OC)cc3n(C(C)CN)c2=O)c2ccccc21.O=C(O)C(F)(F)F. The summed E-state index contributed by atoms with van der Waals surface area (Å²) in [6.07, 6.45) is -3.26. The number of carbonyl (C=O) groups is 3. The lowest BCUT2D eigenvalue weighted by Crippen LogP contribution is -2.33. The van der Waals surface area contributed by atoms with Crippen LogP contribution in [0.2, 0.25) is 0 Å². The van der Waals surface area contributed by atoms with E-state index < -0.39 is 18.1 Å². The van der Waals surface area contributed by atoms with Crippen molar-refractivity contribution in [2.24, 2.45) is 5.73 Å². The summed E-state index contributed by atoms with van der Waals surface area (Å²) in [7, 11) is 1.31. The highest BCUT2D eigenvalue weighted by Crippen LogP contribution is 2.30. The van der Waals surface area contributed by atoms with E-state index in [1.165, 1.54) is 7.11 Å². The molecule has 1 amide bonds. The predicted molar refractivity (Wildman–Crippen MR) is 154 cm³/mol. The fraction of sp³-hybridized carbons (Fsp3) is 0.345. The maximum Gasteiger partial charge on any atom is 0.490 e. The van der Waals surface area contributed by atoms with E-state index in [-0.39, 0.29) is 36.3 Å². The molecular weight excluding hydrogens is 571 g/mol. The molecule has 0 spiro atoms. The highest BCUT2D eigenvalue weighted by atomic mass is 19.4. The lowest BCUT2D eigenvalue weighted by atomic mass is 10.1. The number of aliphatic carboxylic acids is 1. The van der Waals surface area contributed by atoms with Gasteiger partial charge in [0.2, 0.25) is 5.91 Å². The van der Waals surface area contributed by atoms with Gasteiger partial charge in [0.15, 0.2) is 0 Å². The van der Waals surface area contributed by atoms with E-state index in [0.29, 0.717) is 35.2 Å². The van der Waals surface area contributed by atoms with Gasteiger partial charge in [-0.25, -0.2) is 14.6 Å². The van der Waals surface area contributed by atoms with Gasteiger partial charge in [-0.15, -0.1) is 0 Å². The molecule has 0 radical (unpaired) electrons. The average molecular weight is 604 g/mol. The molecule has 4 rings (SSSR count). The van der Waals surface area contributed by atoms with E-state index in [2.05, 4.69) is 0 Å². The Bertz CT molecular complexity index is 1710. The summed E-state index contributed by atoms with van der Waals surface area (Å²) >= 11 is 0. The molecule has 0 bridgehead atoms. The van der Waals surface area contributed by atoms with Crippen LogP contribution in [0, 0.1) is 0 Å². The first-order chi connectivity index (χ1) is 20.3. The molecule has 43 heavy (non-hydrogen) atoms. The Kier molecular flexibility index (Phi) is 10.3. The van der Waals surface area contributed by atoms with Gasteiger partial charge in [0, 0.05) is 48.3 Å². The van der Waals surface area contributed by atoms with Crippen LogP contribution in [-0.2, 0) is 20.9 Å². The standard InChI is InChI=1S/C27H31N5O4.C2HF3O2/c1-5-30(6-2)24(33)16-31-15-20(19-9-7-8-10-22(19)31)25-26(34)32(17(3)14-28)23-13-18(27(35)36-4)11-12-21(23)29-25;3-2(4,5)1(6)7/h7-13,15,17H,5-6,14,16,28H2,1-4H3;(H,6,7). The second-order valence-corrected chi connectivity index (χ2v) is 9.47. The van der Waals surface area contributed by atoms with Gasteiger partial charge in [0.1, 0.15) is 12.2 Å². The number of benzene rings is 2. The first-order valence-electron chi connectivity index (χ1n) is 13.3. The minimum atomic E-state index is -5.08. The van der Waals surface area contributed by atoms with Crippen molar-refractivity contribution in [1.82, 2.24) is 19.0 Å². The molecule has 0 saturated carbocycles. The summed E-state index contributed by atoms with van der Waals surface area (Å²) in [6, 6.07) is 12.2. The van der Waals surface area contributed by atoms with Crippen LogP contribution in [0.3, 0.4) is 0 Å². The minimum absolute atomic E-state index is 0.00304. The number of rotatable bonds is 8. The van der Waals surface area contributed by atoms with Gasteiger partial charge in [-0.3, -0.25) is 9.59 Å². The number of likely N-dealkylation sites (N-methyl/N-ethyl adjacent to an activating group) is 1. The second kappa shape index (κ2) is 13.5. The summed E-state index contributed by atoms with van der Waals surface area (Å²) in [5.74, 6) is -3.25. The number of carbonyl (C=O) groups excluding carboxylic acids is 2. The topological polar surface area (TPSA) is 150 Å². The maximum atomic E-state index is 13.9. The summed E-state index contributed by atoms with van der Waals surface area (Å²) in [4.78, 5) is 54.2. The number of para-hydroxylation sites is 1. The molecule has 0 aliphatic carbocycles. The van der Waals surface area contributed by atoms with Gasteiger partial charge in [-0.2, -0.15) is 13.2 Å². The monoisotopic (exact) mass is 603 g/mol. The molecular formula is C29H32F3N5O6. The number of nitrogens with two attached hydrogens (primary N) is 1. The Hall–Kier alpha value is -4.72. The van der Waals surface area contributed by atoms with Crippen LogP contribution >= 0.6 is 0 Å². The lowest BCUT2D eigenvalue weighted by molar-refractivity contribution is -0.192. The van der Waals surface area contributed by atoms with E-state index in [0.717, 1.165) is 10.9 Å². The number of hydrogen-bond donors (Lipinski definition) is 2. The highest BCUT2D eigenvalue weighted by molar-refractivity contribution is 5.98. The van der Waals surface area contributed by atoms with Crippen LogP contribution < -0.4 is 11.3 Å². The number of nitrogens with zero attached hydrogens (tertiary/aromatic N) is 4. The highest BCUT2D eigenvalue weighted by Gasteiger charge is 2.38. The Balaban J connectivity index is 0.000000646.